The van der Waals surface area contributed by atoms with Crippen molar-refractivity contribution in [1.82, 2.24) is 9.80 Å². The van der Waals surface area contributed by atoms with Gasteiger partial charge >= 0.3 is 0 Å². The van der Waals surface area contributed by atoms with Gasteiger partial charge in [-0.15, -0.1) is 13.2 Å². The first-order chi connectivity index (χ1) is 23.5. The van der Waals surface area contributed by atoms with Gasteiger partial charge in [-0.3, -0.25) is 14.4 Å². The fourth-order valence-electron chi connectivity index (χ4n) is 8.62. The summed E-state index contributed by atoms with van der Waals surface area (Å²) in [4.78, 5) is 50.1. The van der Waals surface area contributed by atoms with Gasteiger partial charge in [0.05, 0.1) is 40.8 Å². The minimum atomic E-state index is -1.34. The van der Waals surface area contributed by atoms with Gasteiger partial charge in [0, 0.05) is 19.6 Å². The van der Waals surface area contributed by atoms with Crippen LogP contribution in [0.15, 0.2) is 104 Å². The van der Waals surface area contributed by atoms with Crippen molar-refractivity contribution in [3.63, 3.8) is 0 Å². The van der Waals surface area contributed by atoms with E-state index in [0.717, 1.165) is 11.1 Å². The summed E-state index contributed by atoms with van der Waals surface area (Å²) in [6.45, 7) is 13.9. The van der Waals surface area contributed by atoms with Crippen molar-refractivity contribution in [3.05, 3.63) is 126 Å². The number of carbonyl (C=O) groups is 3. The lowest BCUT2D eigenvalue weighted by Gasteiger charge is -2.40. The number of aliphatic hydroxyl groups excluding tert-OH is 1. The molecule has 3 fully saturated rings. The first-order valence-electron chi connectivity index (χ1n) is 16.8. The number of hydrogen-bond acceptors (Lipinski definition) is 5. The SMILES string of the molecule is C=CCN(Cc1ccccc1)C(=O)[C@@H]1[C@H]2C(=O)N([C@H](CO)c3ccccc3)C(C(=O)N(CC=C)c3c(C)cccc3Cl)C23CC(C)[C@@]1(C)O3. The third kappa shape index (κ3) is 5.60. The molecule has 3 aromatic carbocycles. The average molecular weight is 682 g/mol. The van der Waals surface area contributed by atoms with Crippen molar-refractivity contribution in [3.8, 4) is 0 Å². The van der Waals surface area contributed by atoms with Gasteiger partial charge in [0.25, 0.3) is 5.91 Å². The molecule has 2 bridgehead atoms. The molecular weight excluding hydrogens is 638 g/mol. The predicted molar refractivity (Wildman–Crippen MR) is 191 cm³/mol. The van der Waals surface area contributed by atoms with Crippen LogP contribution in [0.5, 0.6) is 0 Å². The first kappa shape index (κ1) is 34.6. The van der Waals surface area contributed by atoms with E-state index in [0.29, 0.717) is 29.2 Å². The predicted octanol–water partition coefficient (Wildman–Crippen LogP) is 6.13. The number of benzene rings is 3. The maximum absolute atomic E-state index is 15.3. The number of nitrogens with zero attached hydrogens (tertiary/aromatic N) is 3. The second-order valence-corrected chi connectivity index (χ2v) is 14.1. The number of hydrogen-bond donors (Lipinski definition) is 1. The Kier molecular flexibility index (Phi) is 9.59. The van der Waals surface area contributed by atoms with E-state index >= 15 is 9.59 Å². The third-order valence-electron chi connectivity index (χ3n) is 10.9. The largest absolute Gasteiger partial charge is 0.394 e. The summed E-state index contributed by atoms with van der Waals surface area (Å²) < 4.78 is 7.06. The van der Waals surface area contributed by atoms with Crippen LogP contribution in [-0.2, 0) is 25.7 Å². The highest BCUT2D eigenvalue weighted by molar-refractivity contribution is 6.34. The number of anilines is 1. The van der Waals surface area contributed by atoms with E-state index in [-0.39, 0.29) is 30.8 Å². The van der Waals surface area contributed by atoms with Crippen LogP contribution >= 0.6 is 11.6 Å². The molecule has 6 rings (SSSR count). The van der Waals surface area contributed by atoms with Crippen LogP contribution < -0.4 is 4.90 Å². The number of aliphatic hydroxyl groups is 1. The second-order valence-electron chi connectivity index (χ2n) is 13.7. The Morgan fingerprint density at radius 2 is 1.67 bits per heavy atom. The first-order valence-corrected chi connectivity index (χ1v) is 17.2. The van der Waals surface area contributed by atoms with Crippen molar-refractivity contribution >= 4 is 35.0 Å². The van der Waals surface area contributed by atoms with Crippen LogP contribution in [0.3, 0.4) is 0 Å². The monoisotopic (exact) mass is 681 g/mol. The van der Waals surface area contributed by atoms with Gasteiger partial charge in [-0.25, -0.2) is 0 Å². The molecule has 0 aliphatic carbocycles. The molecule has 1 N–H and O–H groups in total. The molecule has 3 amide bonds. The molecule has 0 aromatic heterocycles. The summed E-state index contributed by atoms with van der Waals surface area (Å²) in [6, 6.07) is 22.3. The minimum Gasteiger partial charge on any atom is -0.394 e. The van der Waals surface area contributed by atoms with Gasteiger partial charge in [0.1, 0.15) is 11.6 Å². The molecule has 9 heteroatoms. The molecular formula is C40H44ClN3O5. The number of halogens is 1. The zero-order chi connectivity index (χ0) is 35.1. The number of carbonyl (C=O) groups excluding carboxylic acids is 3. The number of likely N-dealkylation sites (tertiary alicyclic amines) is 1. The van der Waals surface area contributed by atoms with Crippen molar-refractivity contribution in [2.75, 3.05) is 24.6 Å². The molecule has 7 atom stereocenters. The summed E-state index contributed by atoms with van der Waals surface area (Å²) in [5.41, 5.74) is 0.545. The third-order valence-corrected chi connectivity index (χ3v) is 11.2. The fourth-order valence-corrected chi connectivity index (χ4v) is 8.94. The van der Waals surface area contributed by atoms with Crippen molar-refractivity contribution in [2.24, 2.45) is 17.8 Å². The lowest BCUT2D eigenvalue weighted by molar-refractivity contribution is -0.154. The van der Waals surface area contributed by atoms with Gasteiger partial charge in [-0.2, -0.15) is 0 Å². The van der Waals surface area contributed by atoms with E-state index in [1.807, 2.05) is 93.6 Å². The zero-order valence-electron chi connectivity index (χ0n) is 28.3. The highest BCUT2D eigenvalue weighted by atomic mass is 35.5. The molecule has 256 valence electrons. The van der Waals surface area contributed by atoms with Crippen molar-refractivity contribution in [1.29, 1.82) is 0 Å². The number of rotatable bonds is 12. The highest BCUT2D eigenvalue weighted by Gasteiger charge is 2.80. The number of amides is 3. The van der Waals surface area contributed by atoms with E-state index in [4.69, 9.17) is 16.3 Å². The van der Waals surface area contributed by atoms with Crippen molar-refractivity contribution < 1.29 is 24.2 Å². The van der Waals surface area contributed by atoms with E-state index in [1.165, 1.54) is 4.90 Å². The summed E-state index contributed by atoms with van der Waals surface area (Å²) in [7, 11) is 0. The molecule has 3 aromatic rings. The lowest BCUT2D eigenvalue weighted by Crippen LogP contribution is -2.58. The quantitative estimate of drug-likeness (QED) is 0.233. The van der Waals surface area contributed by atoms with Crippen molar-refractivity contribution in [2.45, 2.75) is 57.0 Å². The fraction of sp³-hybridized carbons (Fsp3) is 0.375. The maximum atomic E-state index is 15.3. The van der Waals surface area contributed by atoms with E-state index in [2.05, 4.69) is 13.2 Å². The van der Waals surface area contributed by atoms with Crippen LogP contribution in [0.25, 0.3) is 0 Å². The molecule has 0 radical (unpaired) electrons. The summed E-state index contributed by atoms with van der Waals surface area (Å²) >= 11 is 6.75. The van der Waals surface area contributed by atoms with Gasteiger partial charge in [-0.05, 0) is 48.9 Å². The highest BCUT2D eigenvalue weighted by Crippen LogP contribution is 2.66. The number of ether oxygens (including phenoxy) is 1. The Balaban J connectivity index is 1.52. The van der Waals surface area contributed by atoms with E-state index in [9.17, 15) is 9.90 Å². The van der Waals surface area contributed by atoms with E-state index < -0.39 is 47.6 Å². The minimum absolute atomic E-state index is 0.122. The average Bonchev–Trinajstić information content (AvgIpc) is 3.61. The van der Waals surface area contributed by atoms with Gasteiger partial charge < -0.3 is 24.5 Å². The molecule has 3 saturated heterocycles. The standard InChI is InChI=1S/C40H44ClN3O5/c1-6-21-42(24-28-16-10-8-11-17-28)36(46)32-33-37(47)44(31(25-45)29-18-12-9-13-19-29)35(40(33)23-27(4)39(32,5)49-40)38(48)43(22-7-2)34-26(3)15-14-20-30(34)41/h6-20,27,31-33,35,45H,1-2,21-25H2,3-5H3/t27?,31-,32+,33+,35?,39-,40?/m1/s1. The lowest BCUT2D eigenvalue weighted by atomic mass is 9.62. The Hall–Kier alpha value is -4.24. The Bertz CT molecular complexity index is 1730. The Labute approximate surface area is 293 Å². The Morgan fingerprint density at radius 3 is 2.29 bits per heavy atom. The molecule has 8 nitrogen and oxygen atoms in total. The number of fused-ring (bicyclic) bond motifs is 1. The molecule has 3 heterocycles. The second kappa shape index (κ2) is 13.6. The topological polar surface area (TPSA) is 90.4 Å². The molecule has 3 aliphatic rings. The zero-order valence-corrected chi connectivity index (χ0v) is 29.1. The smallest absolute Gasteiger partial charge is 0.253 e. The van der Waals surface area contributed by atoms with Crippen LogP contribution in [0, 0.1) is 24.7 Å². The molecule has 49 heavy (non-hydrogen) atoms. The van der Waals surface area contributed by atoms with Gasteiger partial charge in [0.15, 0.2) is 0 Å². The van der Waals surface area contributed by atoms with Crippen LogP contribution in [0.4, 0.5) is 5.69 Å². The van der Waals surface area contributed by atoms with Crippen LogP contribution in [-0.4, -0.2) is 69.6 Å². The van der Waals surface area contributed by atoms with Crippen LogP contribution in [0.2, 0.25) is 5.02 Å². The van der Waals surface area contributed by atoms with Gasteiger partial charge in [0.2, 0.25) is 11.8 Å². The molecule has 3 aliphatic heterocycles. The van der Waals surface area contributed by atoms with Gasteiger partial charge in [-0.1, -0.05) is 103 Å². The normalized spacial score (nSPS) is 27.4. The molecule has 1 spiro atoms. The number of para-hydroxylation sites is 1. The van der Waals surface area contributed by atoms with Crippen LogP contribution in [0.1, 0.15) is 43.0 Å². The molecule has 0 saturated carbocycles. The summed E-state index contributed by atoms with van der Waals surface area (Å²) in [5.74, 6) is -3.02. The molecule has 3 unspecified atom stereocenters. The summed E-state index contributed by atoms with van der Waals surface area (Å²) in [5, 5.41) is 11.3. The Morgan fingerprint density at radius 1 is 1.02 bits per heavy atom. The number of aryl methyl sites for hydroxylation is 1. The summed E-state index contributed by atoms with van der Waals surface area (Å²) in [6.07, 6.45) is 3.69. The maximum Gasteiger partial charge on any atom is 0.253 e. The van der Waals surface area contributed by atoms with E-state index in [1.54, 1.807) is 28.0 Å².